The molecule has 6 heteroatoms. The molecule has 0 aromatic carbocycles. The fraction of sp³-hybridized carbons (Fsp3) is 0.200. The molecule has 82 valence electrons. The number of hydrogen-bond acceptors (Lipinski definition) is 5. The summed E-state index contributed by atoms with van der Waals surface area (Å²) in [6.45, 7) is 1.67. The lowest BCUT2D eigenvalue weighted by Crippen LogP contribution is -2.05. The van der Waals surface area contributed by atoms with Crippen LogP contribution in [0.15, 0.2) is 12.4 Å². The van der Waals surface area contributed by atoms with Crippen LogP contribution in [0.1, 0.15) is 16.1 Å². The van der Waals surface area contributed by atoms with Crippen LogP contribution in [-0.4, -0.2) is 33.1 Å². The van der Waals surface area contributed by atoms with E-state index in [0.29, 0.717) is 22.5 Å². The van der Waals surface area contributed by atoms with Crippen LogP contribution in [0.3, 0.4) is 0 Å². The molecule has 16 heavy (non-hydrogen) atoms. The molecule has 0 bridgehead atoms. The van der Waals surface area contributed by atoms with E-state index in [1.165, 1.54) is 13.4 Å². The maximum atomic E-state index is 10.9. The molecule has 0 amide bonds. The van der Waals surface area contributed by atoms with Crippen LogP contribution in [0.25, 0.3) is 11.0 Å². The van der Waals surface area contributed by atoms with Gasteiger partial charge in [0.1, 0.15) is 6.33 Å². The van der Waals surface area contributed by atoms with Gasteiger partial charge in [-0.05, 0) is 18.6 Å². The molecule has 2 rings (SSSR count). The second-order valence-electron chi connectivity index (χ2n) is 3.21. The lowest BCUT2D eigenvalue weighted by Gasteiger charge is -2.05. The van der Waals surface area contributed by atoms with Crippen molar-refractivity contribution in [2.24, 2.45) is 0 Å². The third kappa shape index (κ3) is 1.54. The molecule has 2 aromatic rings. The highest BCUT2D eigenvalue weighted by molar-refractivity contribution is 5.91. The molecule has 1 N–H and O–H groups in total. The molecule has 0 saturated carbocycles. The van der Waals surface area contributed by atoms with Gasteiger partial charge in [-0.25, -0.2) is 19.7 Å². The largest absolute Gasteiger partial charge is 0.480 e. The van der Waals surface area contributed by atoms with E-state index in [0.717, 1.165) is 0 Å². The van der Waals surface area contributed by atoms with E-state index in [1.54, 1.807) is 13.0 Å². The molecule has 0 radical (unpaired) electrons. The molecular formula is C10H9N3O3. The standard InChI is InChI=1S/C10H9N3O3/c1-5-3-6-8(13-7(5)10(14)15)11-4-12-9(6)16-2/h3-4H,1-2H3,(H,14,15). The number of hydrogen-bond donors (Lipinski definition) is 1. The van der Waals surface area contributed by atoms with E-state index in [9.17, 15) is 4.79 Å². The second-order valence-corrected chi connectivity index (χ2v) is 3.21. The van der Waals surface area contributed by atoms with Gasteiger partial charge < -0.3 is 9.84 Å². The van der Waals surface area contributed by atoms with Crippen LogP contribution in [0.2, 0.25) is 0 Å². The molecule has 2 heterocycles. The van der Waals surface area contributed by atoms with Crippen LogP contribution in [0.5, 0.6) is 5.88 Å². The molecule has 0 fully saturated rings. The average Bonchev–Trinajstić information content (AvgIpc) is 2.27. The Morgan fingerprint density at radius 2 is 2.19 bits per heavy atom. The van der Waals surface area contributed by atoms with Crippen molar-refractivity contribution >= 4 is 17.0 Å². The van der Waals surface area contributed by atoms with Gasteiger partial charge in [0.2, 0.25) is 5.88 Å². The zero-order valence-corrected chi connectivity index (χ0v) is 8.76. The maximum Gasteiger partial charge on any atom is 0.354 e. The minimum Gasteiger partial charge on any atom is -0.480 e. The van der Waals surface area contributed by atoms with Gasteiger partial charge in [-0.2, -0.15) is 0 Å². The molecule has 2 aromatic heterocycles. The van der Waals surface area contributed by atoms with Crippen molar-refractivity contribution < 1.29 is 14.6 Å². The highest BCUT2D eigenvalue weighted by Crippen LogP contribution is 2.21. The monoisotopic (exact) mass is 219 g/mol. The number of carbonyl (C=O) groups is 1. The number of carboxylic acid groups (broad SMARTS) is 1. The van der Waals surface area contributed by atoms with Gasteiger partial charge in [0.25, 0.3) is 0 Å². The quantitative estimate of drug-likeness (QED) is 0.812. The number of ether oxygens (including phenoxy) is 1. The Balaban J connectivity index is 2.78. The first-order valence-electron chi connectivity index (χ1n) is 4.53. The summed E-state index contributed by atoms with van der Waals surface area (Å²) in [5.41, 5.74) is 0.858. The van der Waals surface area contributed by atoms with E-state index in [4.69, 9.17) is 9.84 Å². The zero-order valence-electron chi connectivity index (χ0n) is 8.76. The normalized spacial score (nSPS) is 10.4. The van der Waals surface area contributed by atoms with E-state index in [1.807, 2.05) is 0 Å². The lowest BCUT2D eigenvalue weighted by atomic mass is 10.2. The molecule has 0 unspecified atom stereocenters. The van der Waals surface area contributed by atoms with Crippen molar-refractivity contribution in [2.45, 2.75) is 6.92 Å². The molecule has 0 atom stereocenters. The maximum absolute atomic E-state index is 10.9. The topological polar surface area (TPSA) is 85.2 Å². The van der Waals surface area contributed by atoms with E-state index in [-0.39, 0.29) is 5.69 Å². The Labute approximate surface area is 90.9 Å². The number of fused-ring (bicyclic) bond motifs is 1. The molecule has 0 spiro atoms. The van der Waals surface area contributed by atoms with E-state index >= 15 is 0 Å². The Bertz CT molecular complexity index is 568. The third-order valence-corrected chi connectivity index (χ3v) is 2.17. The molecule has 0 aliphatic rings. The number of pyridine rings is 1. The van der Waals surface area contributed by atoms with Gasteiger partial charge in [-0.1, -0.05) is 0 Å². The van der Waals surface area contributed by atoms with Crippen molar-refractivity contribution in [1.82, 2.24) is 15.0 Å². The Hall–Kier alpha value is -2.24. The summed E-state index contributed by atoms with van der Waals surface area (Å²) < 4.78 is 5.04. The zero-order chi connectivity index (χ0) is 11.7. The van der Waals surface area contributed by atoms with Crippen molar-refractivity contribution in [1.29, 1.82) is 0 Å². The van der Waals surface area contributed by atoms with Crippen molar-refractivity contribution in [2.75, 3.05) is 7.11 Å². The van der Waals surface area contributed by atoms with Gasteiger partial charge in [0.15, 0.2) is 11.3 Å². The molecular weight excluding hydrogens is 210 g/mol. The SMILES string of the molecule is COc1ncnc2nc(C(=O)O)c(C)cc12. The van der Waals surface area contributed by atoms with Crippen LogP contribution < -0.4 is 4.74 Å². The first-order valence-corrected chi connectivity index (χ1v) is 4.53. The minimum atomic E-state index is -1.07. The van der Waals surface area contributed by atoms with Gasteiger partial charge in [0, 0.05) is 0 Å². The summed E-state index contributed by atoms with van der Waals surface area (Å²) in [4.78, 5) is 22.7. The first kappa shape index (κ1) is 10.3. The van der Waals surface area contributed by atoms with Gasteiger partial charge in [0.05, 0.1) is 12.5 Å². The second kappa shape index (κ2) is 3.73. The predicted octanol–water partition coefficient (Wildman–Crippen LogP) is 1.04. The number of rotatable bonds is 2. The van der Waals surface area contributed by atoms with Crippen LogP contribution in [0, 0.1) is 6.92 Å². The molecule has 0 saturated heterocycles. The van der Waals surface area contributed by atoms with Gasteiger partial charge in [-0.3, -0.25) is 0 Å². The van der Waals surface area contributed by atoms with E-state index < -0.39 is 5.97 Å². The average molecular weight is 219 g/mol. The van der Waals surface area contributed by atoms with E-state index in [2.05, 4.69) is 15.0 Å². The number of nitrogens with zero attached hydrogens (tertiary/aromatic N) is 3. The number of carboxylic acids is 1. The molecule has 0 aliphatic heterocycles. The Morgan fingerprint density at radius 3 is 2.81 bits per heavy atom. The molecule has 0 aliphatic carbocycles. The highest BCUT2D eigenvalue weighted by Gasteiger charge is 2.13. The number of methoxy groups -OCH3 is 1. The van der Waals surface area contributed by atoms with Crippen molar-refractivity contribution in [3.8, 4) is 5.88 Å². The van der Waals surface area contributed by atoms with Gasteiger partial charge >= 0.3 is 5.97 Å². The number of aryl methyl sites for hydroxylation is 1. The van der Waals surface area contributed by atoms with Crippen LogP contribution in [0.4, 0.5) is 0 Å². The Morgan fingerprint density at radius 1 is 1.44 bits per heavy atom. The van der Waals surface area contributed by atoms with Crippen molar-refractivity contribution in [3.05, 3.63) is 23.7 Å². The summed E-state index contributed by atoms with van der Waals surface area (Å²) in [7, 11) is 1.49. The first-order chi connectivity index (χ1) is 7.63. The predicted molar refractivity (Wildman–Crippen MR) is 55.6 cm³/mol. The summed E-state index contributed by atoms with van der Waals surface area (Å²) >= 11 is 0. The Kier molecular flexibility index (Phi) is 2.40. The third-order valence-electron chi connectivity index (χ3n) is 2.17. The summed E-state index contributed by atoms with van der Waals surface area (Å²) in [6, 6.07) is 1.66. The van der Waals surface area contributed by atoms with Gasteiger partial charge in [-0.15, -0.1) is 0 Å². The fourth-order valence-corrected chi connectivity index (χ4v) is 1.44. The molecule has 6 nitrogen and oxygen atoms in total. The number of aromatic nitrogens is 3. The minimum absolute atomic E-state index is 0.00625. The van der Waals surface area contributed by atoms with Crippen molar-refractivity contribution in [3.63, 3.8) is 0 Å². The van der Waals surface area contributed by atoms with Crippen LogP contribution in [-0.2, 0) is 0 Å². The fourth-order valence-electron chi connectivity index (χ4n) is 1.44. The summed E-state index contributed by atoms with van der Waals surface area (Å²) in [5.74, 6) is -0.686. The summed E-state index contributed by atoms with van der Waals surface area (Å²) in [6.07, 6.45) is 1.29. The van der Waals surface area contributed by atoms with Crippen LogP contribution >= 0.6 is 0 Å². The highest BCUT2D eigenvalue weighted by atomic mass is 16.5. The summed E-state index contributed by atoms with van der Waals surface area (Å²) in [5, 5.41) is 9.52. The lowest BCUT2D eigenvalue weighted by molar-refractivity contribution is 0.0690. The smallest absolute Gasteiger partial charge is 0.354 e. The number of aromatic carboxylic acids is 1.